The molecule has 2 saturated carbocycles. The van der Waals surface area contributed by atoms with Crippen LogP contribution in [0.2, 0.25) is 0 Å². The highest BCUT2D eigenvalue weighted by atomic mass is 16.6. The topological polar surface area (TPSA) is 110 Å². The molecule has 8 heteroatoms. The molecule has 3 aliphatic rings. The van der Waals surface area contributed by atoms with Crippen LogP contribution in [0.4, 0.5) is 11.4 Å². The molecule has 5 rings (SSSR count). The number of fused-ring (bicyclic) bond motifs is 5. The monoisotopic (exact) mass is 447 g/mol. The molecule has 2 aliphatic carbocycles. The van der Waals surface area contributed by atoms with Crippen LogP contribution in [0.5, 0.6) is 0 Å². The zero-order valence-corrected chi connectivity index (χ0v) is 18.3. The summed E-state index contributed by atoms with van der Waals surface area (Å²) >= 11 is 0. The number of carbonyl (C=O) groups excluding carboxylic acids is 3. The van der Waals surface area contributed by atoms with Crippen molar-refractivity contribution in [2.75, 3.05) is 5.32 Å². The number of nitro groups is 1. The Bertz CT molecular complexity index is 1120. The number of imide groups is 1. The predicted molar refractivity (Wildman–Crippen MR) is 120 cm³/mol. The Morgan fingerprint density at radius 3 is 2.33 bits per heavy atom. The Labute approximate surface area is 191 Å². The lowest BCUT2D eigenvalue weighted by Crippen LogP contribution is -2.49. The summed E-state index contributed by atoms with van der Waals surface area (Å²) < 4.78 is 0. The Morgan fingerprint density at radius 2 is 1.73 bits per heavy atom. The Hall–Kier alpha value is -3.55. The second-order valence-electron chi connectivity index (χ2n) is 9.38. The number of nitrogens with one attached hydrogen (secondary N) is 1. The summed E-state index contributed by atoms with van der Waals surface area (Å²) in [5, 5.41) is 14.0. The number of aryl methyl sites for hydroxylation is 1. The highest BCUT2D eigenvalue weighted by Crippen LogP contribution is 2.56. The molecule has 3 fully saturated rings. The van der Waals surface area contributed by atoms with Crippen molar-refractivity contribution in [3.8, 4) is 0 Å². The molecule has 3 amide bonds. The Balaban J connectivity index is 1.46. The van der Waals surface area contributed by atoms with E-state index in [0.717, 1.165) is 24.8 Å². The molecule has 1 aliphatic heterocycles. The first-order valence-corrected chi connectivity index (χ1v) is 11.3. The van der Waals surface area contributed by atoms with Gasteiger partial charge in [-0.05, 0) is 49.7 Å². The number of likely N-dealkylation sites (tertiary alicyclic amines) is 1. The van der Waals surface area contributed by atoms with E-state index < -0.39 is 16.9 Å². The summed E-state index contributed by atoms with van der Waals surface area (Å²) in [5.74, 6) is -1.20. The zero-order chi connectivity index (χ0) is 23.3. The molecule has 0 aromatic heterocycles. The molecule has 5 unspecified atom stereocenters. The first-order chi connectivity index (χ1) is 15.8. The Kier molecular flexibility index (Phi) is 5.23. The smallest absolute Gasteiger partial charge is 0.274 e. The van der Waals surface area contributed by atoms with Crippen molar-refractivity contribution in [3.63, 3.8) is 0 Å². The van der Waals surface area contributed by atoms with Crippen LogP contribution in [0.3, 0.4) is 0 Å². The van der Waals surface area contributed by atoms with Gasteiger partial charge in [0.15, 0.2) is 0 Å². The van der Waals surface area contributed by atoms with Gasteiger partial charge in [0.1, 0.15) is 6.04 Å². The number of nitrogens with zero attached hydrogens (tertiary/aromatic N) is 2. The molecular weight excluding hydrogens is 422 g/mol. The highest BCUT2D eigenvalue weighted by Gasteiger charge is 2.62. The van der Waals surface area contributed by atoms with Crippen LogP contribution in [-0.4, -0.2) is 33.6 Å². The molecule has 0 radical (unpaired) electrons. The molecule has 2 aromatic carbocycles. The summed E-state index contributed by atoms with van der Waals surface area (Å²) in [6.07, 6.45) is 3.03. The number of carbonyl (C=O) groups is 3. The number of amides is 3. The summed E-state index contributed by atoms with van der Waals surface area (Å²) in [5.41, 5.74) is 1.46. The maximum Gasteiger partial charge on any atom is 0.274 e. The number of rotatable bonds is 6. The van der Waals surface area contributed by atoms with Crippen molar-refractivity contribution in [2.24, 2.45) is 23.7 Å². The van der Waals surface area contributed by atoms with Gasteiger partial charge in [-0.1, -0.05) is 36.4 Å². The lowest BCUT2D eigenvalue weighted by Gasteiger charge is -2.27. The maximum atomic E-state index is 13.4. The van der Waals surface area contributed by atoms with E-state index in [4.69, 9.17) is 0 Å². The SMILES string of the molecule is Cc1ccc(NC(=O)C(Cc2ccccc2)N2C(=O)C3C4CCC(C4)C3C2=O)cc1[N+](=O)[O-]. The summed E-state index contributed by atoms with van der Waals surface area (Å²) in [6.45, 7) is 1.62. The largest absolute Gasteiger partial charge is 0.324 e. The lowest BCUT2D eigenvalue weighted by atomic mass is 9.81. The van der Waals surface area contributed by atoms with Crippen LogP contribution >= 0.6 is 0 Å². The van der Waals surface area contributed by atoms with E-state index in [0.29, 0.717) is 5.56 Å². The zero-order valence-electron chi connectivity index (χ0n) is 18.3. The first-order valence-electron chi connectivity index (χ1n) is 11.3. The maximum absolute atomic E-state index is 13.4. The van der Waals surface area contributed by atoms with Crippen molar-refractivity contribution in [2.45, 2.75) is 38.6 Å². The molecular formula is C25H25N3O5. The fourth-order valence-electron chi connectivity index (χ4n) is 5.99. The van der Waals surface area contributed by atoms with Gasteiger partial charge in [0.2, 0.25) is 17.7 Å². The number of hydrogen-bond acceptors (Lipinski definition) is 5. The van der Waals surface area contributed by atoms with Crippen LogP contribution in [0.1, 0.15) is 30.4 Å². The molecule has 0 spiro atoms. The summed E-state index contributed by atoms with van der Waals surface area (Å²) in [7, 11) is 0. The second-order valence-corrected chi connectivity index (χ2v) is 9.38. The molecule has 170 valence electrons. The van der Waals surface area contributed by atoms with E-state index in [-0.39, 0.29) is 53.3 Å². The lowest BCUT2D eigenvalue weighted by molar-refractivity contribution is -0.385. The van der Waals surface area contributed by atoms with Gasteiger partial charge in [-0.15, -0.1) is 0 Å². The van der Waals surface area contributed by atoms with Crippen LogP contribution < -0.4 is 5.32 Å². The Morgan fingerprint density at radius 1 is 1.09 bits per heavy atom. The average molecular weight is 447 g/mol. The summed E-state index contributed by atoms with van der Waals surface area (Å²) in [4.78, 5) is 52.2. The average Bonchev–Trinajstić information content (AvgIpc) is 3.48. The van der Waals surface area contributed by atoms with Crippen LogP contribution in [-0.2, 0) is 20.8 Å². The van der Waals surface area contributed by atoms with Crippen molar-refractivity contribution in [1.29, 1.82) is 0 Å². The quantitative estimate of drug-likeness (QED) is 0.414. The fraction of sp³-hybridized carbons (Fsp3) is 0.400. The van der Waals surface area contributed by atoms with Crippen molar-refractivity contribution >= 4 is 29.1 Å². The molecule has 1 N–H and O–H groups in total. The molecule has 2 aromatic rings. The third kappa shape index (κ3) is 3.59. The van der Waals surface area contributed by atoms with E-state index in [9.17, 15) is 24.5 Å². The van der Waals surface area contributed by atoms with Crippen LogP contribution in [0.25, 0.3) is 0 Å². The standard InChI is InChI=1S/C25H25N3O5/c1-14-7-10-18(13-19(14)28(32)33)26-23(29)20(11-15-5-3-2-4-6-15)27-24(30)21-16-8-9-17(12-16)22(21)25(27)31/h2-7,10,13,16-17,20-22H,8-9,11-12H2,1H3,(H,26,29). The van der Waals surface area contributed by atoms with Crippen molar-refractivity contribution in [1.82, 2.24) is 4.90 Å². The second kappa shape index (κ2) is 8.10. The first kappa shape index (κ1) is 21.3. The van der Waals surface area contributed by atoms with Gasteiger partial charge in [-0.2, -0.15) is 0 Å². The van der Waals surface area contributed by atoms with Gasteiger partial charge < -0.3 is 5.32 Å². The normalized spacial score (nSPS) is 26.4. The van der Waals surface area contributed by atoms with Gasteiger partial charge in [-0.25, -0.2) is 0 Å². The minimum atomic E-state index is -1.02. The van der Waals surface area contributed by atoms with Gasteiger partial charge in [-0.3, -0.25) is 29.4 Å². The van der Waals surface area contributed by atoms with Gasteiger partial charge in [0.25, 0.3) is 5.69 Å². The van der Waals surface area contributed by atoms with Crippen molar-refractivity contribution in [3.05, 3.63) is 69.8 Å². The number of nitro benzene ring substituents is 1. The van der Waals surface area contributed by atoms with E-state index >= 15 is 0 Å². The van der Waals surface area contributed by atoms with E-state index in [1.807, 2.05) is 30.3 Å². The molecule has 5 atom stereocenters. The van der Waals surface area contributed by atoms with E-state index in [2.05, 4.69) is 5.32 Å². The molecule has 33 heavy (non-hydrogen) atoms. The minimum absolute atomic E-state index is 0.105. The third-order valence-corrected chi connectivity index (χ3v) is 7.52. The number of benzene rings is 2. The van der Waals surface area contributed by atoms with Gasteiger partial charge in [0, 0.05) is 23.7 Å². The van der Waals surface area contributed by atoms with Gasteiger partial charge in [0.05, 0.1) is 16.8 Å². The van der Waals surface area contributed by atoms with Crippen molar-refractivity contribution < 1.29 is 19.3 Å². The van der Waals surface area contributed by atoms with Gasteiger partial charge >= 0.3 is 0 Å². The molecule has 2 bridgehead atoms. The van der Waals surface area contributed by atoms with E-state index in [1.165, 1.54) is 11.0 Å². The van der Waals surface area contributed by atoms with Crippen LogP contribution in [0.15, 0.2) is 48.5 Å². The molecule has 1 saturated heterocycles. The van der Waals surface area contributed by atoms with Crippen LogP contribution in [0, 0.1) is 40.7 Å². The fourth-order valence-corrected chi connectivity index (χ4v) is 5.99. The minimum Gasteiger partial charge on any atom is -0.324 e. The van der Waals surface area contributed by atoms with E-state index in [1.54, 1.807) is 19.1 Å². The molecule has 8 nitrogen and oxygen atoms in total. The number of hydrogen-bond donors (Lipinski definition) is 1. The number of anilines is 1. The predicted octanol–water partition coefficient (Wildman–Crippen LogP) is 3.48. The molecule has 1 heterocycles. The highest BCUT2D eigenvalue weighted by molar-refractivity contribution is 6.10. The summed E-state index contributed by atoms with van der Waals surface area (Å²) in [6, 6.07) is 12.7. The third-order valence-electron chi connectivity index (χ3n) is 7.52.